The summed E-state index contributed by atoms with van der Waals surface area (Å²) in [4.78, 5) is 24.1. The summed E-state index contributed by atoms with van der Waals surface area (Å²) in [6.45, 7) is 7.43. The molecule has 1 amide bonds. The van der Waals surface area contributed by atoms with E-state index in [4.69, 9.17) is 61.6 Å². The van der Waals surface area contributed by atoms with Gasteiger partial charge in [-0.25, -0.2) is 4.79 Å². The number of nitrogens with one attached hydrogen (secondary N) is 1. The third-order valence-corrected chi connectivity index (χ3v) is 11.5. The lowest BCUT2D eigenvalue weighted by Crippen LogP contribution is -2.67. The van der Waals surface area contributed by atoms with Crippen LogP contribution in [0.2, 0.25) is 0 Å². The molecule has 3 aliphatic heterocycles. The summed E-state index contributed by atoms with van der Waals surface area (Å²) in [5.74, 6) is -0.0533. The minimum atomic E-state index is -1.28. The van der Waals surface area contributed by atoms with E-state index < -0.39 is 104 Å². The van der Waals surface area contributed by atoms with Gasteiger partial charge in [-0.05, 0) is 56.0 Å². The molecule has 3 heterocycles. The van der Waals surface area contributed by atoms with Gasteiger partial charge in [0.2, 0.25) is 6.29 Å². The fourth-order valence-corrected chi connectivity index (χ4v) is 8.25. The molecule has 17 heteroatoms. The third kappa shape index (κ3) is 12.6. The molecular weight excluding hydrogens is 835 g/mol. The lowest BCUT2D eigenvalue weighted by molar-refractivity contribution is -0.380. The number of methoxy groups -OCH3 is 4. The second-order valence-electron chi connectivity index (χ2n) is 16.0. The van der Waals surface area contributed by atoms with Crippen molar-refractivity contribution in [3.8, 4) is 5.75 Å². The highest BCUT2D eigenvalue weighted by molar-refractivity contribution is 5.67. The summed E-state index contributed by atoms with van der Waals surface area (Å²) in [5, 5.41) is 14.1. The Bertz CT molecular complexity index is 1860. The number of hydrogen-bond donors (Lipinski definition) is 2. The summed E-state index contributed by atoms with van der Waals surface area (Å²) in [6.07, 6.45) is -13.3. The number of amides is 1. The number of aliphatic hydroxyl groups is 1. The van der Waals surface area contributed by atoms with Gasteiger partial charge in [0.1, 0.15) is 61.2 Å². The minimum absolute atomic E-state index is 0.192. The summed E-state index contributed by atoms with van der Waals surface area (Å²) in [6, 6.07) is 26.6. The highest BCUT2D eigenvalue weighted by Gasteiger charge is 2.55. The monoisotopic (exact) mass is 897 g/mol. The fourth-order valence-electron chi connectivity index (χ4n) is 8.25. The Balaban J connectivity index is 1.16. The van der Waals surface area contributed by atoms with Crippen LogP contribution in [0.1, 0.15) is 44.4 Å². The van der Waals surface area contributed by atoms with Crippen LogP contribution < -0.4 is 10.1 Å². The molecule has 3 aromatic carbocycles. The largest absolute Gasteiger partial charge is 0.462 e. The number of alkyl carbamates (subject to hydrolysis) is 1. The predicted octanol–water partition coefficient (Wildman–Crippen LogP) is 4.48. The number of rotatable bonds is 19. The second-order valence-corrected chi connectivity index (χ2v) is 16.0. The number of benzene rings is 3. The molecule has 0 spiro atoms. The first-order chi connectivity index (χ1) is 30.9. The van der Waals surface area contributed by atoms with Gasteiger partial charge in [0.15, 0.2) is 18.7 Å². The van der Waals surface area contributed by atoms with Gasteiger partial charge in [0.05, 0.1) is 24.9 Å². The molecule has 0 saturated carbocycles. The standard InChI is InChI=1S/C47H63NO16/c1-27-36(61-30(4)49)35(50)39(53-6)44(58-27)64-41-38(56-25-32-15-11-9-12-16-32)29(3)60-46(43(41)55-8)63-40-37(52-5)28(2)59-45(42(40)54-7)62-34-21-19-31(20-22-34)23-24-48-47(51)57-26-33-17-13-10-14-18-33/h9-22,27-29,35-46,50H,23-26H2,1-8H3,(H,48,51)/t27-,28-,29-,35+,36+,37-,38-,39-,40+,41+,42+,43+,44+,45-,46-/m0/s1. The van der Waals surface area contributed by atoms with E-state index in [2.05, 4.69) is 5.32 Å². The maximum absolute atomic E-state index is 12.2. The summed E-state index contributed by atoms with van der Waals surface area (Å²) in [7, 11) is 6.00. The summed E-state index contributed by atoms with van der Waals surface area (Å²) < 4.78 is 80.2. The van der Waals surface area contributed by atoms with Crippen molar-refractivity contribution >= 4 is 12.1 Å². The summed E-state index contributed by atoms with van der Waals surface area (Å²) in [5.41, 5.74) is 2.80. The van der Waals surface area contributed by atoms with Crippen molar-refractivity contribution in [1.29, 1.82) is 0 Å². The van der Waals surface area contributed by atoms with E-state index in [9.17, 15) is 14.7 Å². The SMILES string of the molecule is CO[C@@H]1[C@@H](O[C@@H]2[C@@H](OCc3ccccc3)[C@H](C)O[C@@H](O[C@@H]3[C@@H](OC)[C@H](C)O[C@@H](Oc4ccc(CCNC(=O)OCc5ccccc5)cc4)[C@@H]3OC)[C@@H]2OC)O[C@@H](C)[C@@H](OC(C)=O)[C@H]1O. The van der Waals surface area contributed by atoms with Crippen molar-refractivity contribution in [2.24, 2.45) is 0 Å². The van der Waals surface area contributed by atoms with E-state index in [1.54, 1.807) is 14.0 Å². The number of carbonyl (C=O) groups is 2. The van der Waals surface area contributed by atoms with Crippen LogP contribution in [0, 0.1) is 0 Å². The first-order valence-electron chi connectivity index (χ1n) is 21.5. The molecule has 0 aliphatic carbocycles. The zero-order chi connectivity index (χ0) is 45.8. The Hall–Kier alpha value is -4.24. The highest BCUT2D eigenvalue weighted by atomic mass is 16.8. The predicted molar refractivity (Wildman–Crippen MR) is 228 cm³/mol. The van der Waals surface area contributed by atoms with Gasteiger partial charge in [0.25, 0.3) is 0 Å². The van der Waals surface area contributed by atoms with E-state index >= 15 is 0 Å². The molecule has 3 saturated heterocycles. The average molecular weight is 898 g/mol. The van der Waals surface area contributed by atoms with Crippen LogP contribution in [0.3, 0.4) is 0 Å². The third-order valence-electron chi connectivity index (χ3n) is 11.5. The van der Waals surface area contributed by atoms with Crippen molar-refractivity contribution in [3.05, 3.63) is 102 Å². The molecule has 2 N–H and O–H groups in total. The van der Waals surface area contributed by atoms with Gasteiger partial charge in [0, 0.05) is 41.9 Å². The van der Waals surface area contributed by atoms with Crippen molar-refractivity contribution in [1.82, 2.24) is 5.32 Å². The second kappa shape index (κ2) is 23.8. The Kier molecular flexibility index (Phi) is 18.3. The molecule has 6 rings (SSSR count). The van der Waals surface area contributed by atoms with Crippen molar-refractivity contribution in [3.63, 3.8) is 0 Å². The van der Waals surface area contributed by atoms with Crippen molar-refractivity contribution < 1.29 is 76.3 Å². The minimum Gasteiger partial charge on any atom is -0.462 e. The average Bonchev–Trinajstić information content (AvgIpc) is 3.28. The smallest absolute Gasteiger partial charge is 0.407 e. The highest BCUT2D eigenvalue weighted by Crippen LogP contribution is 2.37. The van der Waals surface area contributed by atoms with E-state index in [1.807, 2.05) is 98.8 Å². The molecular formula is C47H63NO16. The number of aliphatic hydroxyl groups excluding tert-OH is 1. The number of ether oxygens (including phenoxy) is 13. The Morgan fingerprint density at radius 2 is 1.08 bits per heavy atom. The number of hydrogen-bond acceptors (Lipinski definition) is 16. The fraction of sp³-hybridized carbons (Fsp3) is 0.574. The van der Waals surface area contributed by atoms with E-state index in [0.29, 0.717) is 18.7 Å². The lowest BCUT2D eigenvalue weighted by Gasteiger charge is -2.50. The van der Waals surface area contributed by atoms with Gasteiger partial charge < -0.3 is 72.0 Å². The van der Waals surface area contributed by atoms with Gasteiger partial charge in [-0.3, -0.25) is 4.79 Å². The normalized spacial score (nSPS) is 32.9. The zero-order valence-electron chi connectivity index (χ0n) is 37.6. The molecule has 0 bridgehead atoms. The van der Waals surface area contributed by atoms with Gasteiger partial charge in [-0.2, -0.15) is 0 Å². The molecule has 3 aliphatic rings. The Morgan fingerprint density at radius 3 is 1.66 bits per heavy atom. The molecule has 17 nitrogen and oxygen atoms in total. The van der Waals surface area contributed by atoms with Crippen LogP contribution in [0.4, 0.5) is 4.79 Å². The van der Waals surface area contributed by atoms with E-state index in [-0.39, 0.29) is 13.2 Å². The topological polar surface area (TPSA) is 186 Å². The molecule has 352 valence electrons. The quantitative estimate of drug-likeness (QED) is 0.160. The molecule has 15 atom stereocenters. The van der Waals surface area contributed by atoms with Crippen molar-refractivity contribution in [2.75, 3.05) is 35.0 Å². The van der Waals surface area contributed by atoms with Crippen molar-refractivity contribution in [2.45, 2.75) is 139 Å². The van der Waals surface area contributed by atoms with Crippen LogP contribution in [0.15, 0.2) is 84.9 Å². The van der Waals surface area contributed by atoms with Gasteiger partial charge in [-0.1, -0.05) is 72.8 Å². The molecule has 3 aromatic rings. The van der Waals surface area contributed by atoms with Gasteiger partial charge >= 0.3 is 12.1 Å². The summed E-state index contributed by atoms with van der Waals surface area (Å²) >= 11 is 0. The van der Waals surface area contributed by atoms with Gasteiger partial charge in [-0.15, -0.1) is 0 Å². The molecule has 64 heavy (non-hydrogen) atoms. The number of esters is 1. The Labute approximate surface area is 374 Å². The first-order valence-corrected chi connectivity index (χ1v) is 21.5. The van der Waals surface area contributed by atoms with Crippen LogP contribution in [-0.2, 0) is 81.3 Å². The molecule has 3 fully saturated rings. The first kappa shape index (κ1) is 49.2. The maximum atomic E-state index is 12.2. The molecule has 0 aromatic heterocycles. The van der Waals surface area contributed by atoms with Crippen LogP contribution in [0.25, 0.3) is 0 Å². The van der Waals surface area contributed by atoms with E-state index in [1.165, 1.54) is 28.3 Å². The zero-order valence-corrected chi connectivity index (χ0v) is 37.6. The lowest BCUT2D eigenvalue weighted by atomic mass is 9.96. The Morgan fingerprint density at radius 1 is 0.578 bits per heavy atom. The van der Waals surface area contributed by atoms with E-state index in [0.717, 1.165) is 16.7 Å². The van der Waals surface area contributed by atoms with Crippen LogP contribution in [0.5, 0.6) is 5.75 Å². The van der Waals surface area contributed by atoms with Crippen LogP contribution >= 0.6 is 0 Å². The molecule has 0 unspecified atom stereocenters. The maximum Gasteiger partial charge on any atom is 0.407 e. The molecule has 0 radical (unpaired) electrons. The van der Waals surface area contributed by atoms with Crippen LogP contribution in [-0.4, -0.2) is 144 Å². The number of carbonyl (C=O) groups excluding carboxylic acids is 2.